The second kappa shape index (κ2) is 6.63. The number of aromatic amines is 1. The van der Waals surface area contributed by atoms with Crippen molar-refractivity contribution in [3.63, 3.8) is 0 Å². The first-order chi connectivity index (χ1) is 11.0. The summed E-state index contributed by atoms with van der Waals surface area (Å²) >= 11 is 0. The summed E-state index contributed by atoms with van der Waals surface area (Å²) < 4.78 is 25.9. The van der Waals surface area contributed by atoms with E-state index in [1.54, 1.807) is 0 Å². The lowest BCUT2D eigenvalue weighted by Crippen LogP contribution is -2.25. The van der Waals surface area contributed by atoms with Crippen LogP contribution in [0.4, 0.5) is 0 Å². The molecule has 0 radical (unpaired) electrons. The van der Waals surface area contributed by atoms with Gasteiger partial charge in [-0.05, 0) is 69.6 Å². The SMILES string of the molecule is CNS(=O)(=O)Cc1ccc2[nH]cc(CC[C@@H]3CCCN3C)c2c1. The number of rotatable bonds is 6. The molecule has 23 heavy (non-hydrogen) atoms. The third-order valence-electron chi connectivity index (χ3n) is 4.92. The molecule has 0 bridgehead atoms. The summed E-state index contributed by atoms with van der Waals surface area (Å²) in [5, 5.41) is 1.15. The fraction of sp³-hybridized carbons (Fsp3) is 0.529. The molecule has 2 heterocycles. The molecule has 3 rings (SSSR count). The number of hydrogen-bond donors (Lipinski definition) is 2. The van der Waals surface area contributed by atoms with E-state index in [1.807, 2.05) is 18.2 Å². The van der Waals surface area contributed by atoms with Crippen LogP contribution in [-0.2, 0) is 22.2 Å². The van der Waals surface area contributed by atoms with E-state index < -0.39 is 10.0 Å². The van der Waals surface area contributed by atoms with Crippen molar-refractivity contribution in [2.75, 3.05) is 20.6 Å². The molecule has 0 aliphatic carbocycles. The Morgan fingerprint density at radius 2 is 2.22 bits per heavy atom. The minimum atomic E-state index is -3.24. The molecule has 1 aromatic carbocycles. The Bertz CT molecular complexity index is 782. The fourth-order valence-corrected chi connectivity index (χ4v) is 4.24. The van der Waals surface area contributed by atoms with Gasteiger partial charge in [-0.3, -0.25) is 0 Å². The molecule has 1 fully saturated rings. The van der Waals surface area contributed by atoms with E-state index in [1.165, 1.54) is 32.0 Å². The van der Waals surface area contributed by atoms with Gasteiger partial charge in [0, 0.05) is 23.1 Å². The van der Waals surface area contributed by atoms with Gasteiger partial charge in [-0.15, -0.1) is 0 Å². The summed E-state index contributed by atoms with van der Waals surface area (Å²) in [5.74, 6) is 0.0232. The van der Waals surface area contributed by atoms with Gasteiger partial charge in [0.25, 0.3) is 0 Å². The standard InChI is InChI=1S/C17H25N3O2S/c1-18-23(21,22)12-13-5-8-17-16(10-13)14(11-19-17)6-7-15-4-3-9-20(15)2/h5,8,10-11,15,18-19H,3-4,6-7,9,12H2,1-2H3/t15-/m0/s1. The van der Waals surface area contributed by atoms with E-state index in [0.29, 0.717) is 6.04 Å². The molecule has 5 nitrogen and oxygen atoms in total. The van der Waals surface area contributed by atoms with Crippen molar-refractivity contribution in [3.05, 3.63) is 35.5 Å². The molecular weight excluding hydrogens is 310 g/mol. The van der Waals surface area contributed by atoms with Crippen LogP contribution in [0.2, 0.25) is 0 Å². The number of likely N-dealkylation sites (tertiary alicyclic amines) is 1. The van der Waals surface area contributed by atoms with Crippen molar-refractivity contribution < 1.29 is 8.42 Å². The Hall–Kier alpha value is -1.37. The van der Waals surface area contributed by atoms with Gasteiger partial charge in [-0.25, -0.2) is 13.1 Å². The Kier molecular flexibility index (Phi) is 4.75. The van der Waals surface area contributed by atoms with E-state index in [2.05, 4.69) is 27.9 Å². The topological polar surface area (TPSA) is 65.2 Å². The van der Waals surface area contributed by atoms with Gasteiger partial charge in [0.05, 0.1) is 5.75 Å². The van der Waals surface area contributed by atoms with Crippen LogP contribution in [0.25, 0.3) is 10.9 Å². The zero-order chi connectivity index (χ0) is 16.4. The third kappa shape index (κ3) is 3.76. The zero-order valence-electron chi connectivity index (χ0n) is 13.8. The second-order valence-electron chi connectivity index (χ2n) is 6.47. The second-order valence-corrected chi connectivity index (χ2v) is 8.40. The quantitative estimate of drug-likeness (QED) is 0.851. The predicted molar refractivity (Wildman–Crippen MR) is 94.0 cm³/mol. The molecule has 1 atom stereocenters. The lowest BCUT2D eigenvalue weighted by atomic mass is 10.0. The molecule has 1 aliphatic rings. The van der Waals surface area contributed by atoms with Crippen LogP contribution in [0, 0.1) is 0 Å². The first-order valence-electron chi connectivity index (χ1n) is 8.19. The normalized spacial score (nSPS) is 19.7. The minimum absolute atomic E-state index is 0.0232. The zero-order valence-corrected chi connectivity index (χ0v) is 14.6. The van der Waals surface area contributed by atoms with E-state index in [-0.39, 0.29) is 5.75 Å². The van der Waals surface area contributed by atoms with Gasteiger partial charge in [0.1, 0.15) is 0 Å². The molecule has 6 heteroatoms. The smallest absolute Gasteiger partial charge is 0.215 e. The van der Waals surface area contributed by atoms with Crippen molar-refractivity contribution >= 4 is 20.9 Å². The largest absolute Gasteiger partial charge is 0.361 e. The van der Waals surface area contributed by atoms with Crippen molar-refractivity contribution in [1.29, 1.82) is 0 Å². The first-order valence-corrected chi connectivity index (χ1v) is 9.84. The third-order valence-corrected chi connectivity index (χ3v) is 6.25. The Labute approximate surface area is 138 Å². The number of H-pyrrole nitrogens is 1. The minimum Gasteiger partial charge on any atom is -0.361 e. The summed E-state index contributed by atoms with van der Waals surface area (Å²) in [4.78, 5) is 5.74. The summed E-state index contributed by atoms with van der Waals surface area (Å²) in [6.07, 6.45) is 6.82. The highest BCUT2D eigenvalue weighted by Gasteiger charge is 2.20. The molecule has 0 unspecified atom stereocenters. The maximum Gasteiger partial charge on any atom is 0.215 e. The van der Waals surface area contributed by atoms with Crippen LogP contribution in [0.15, 0.2) is 24.4 Å². The Morgan fingerprint density at radius 1 is 1.39 bits per heavy atom. The van der Waals surface area contributed by atoms with Gasteiger partial charge in [0.15, 0.2) is 0 Å². The van der Waals surface area contributed by atoms with Crippen LogP contribution in [0.5, 0.6) is 0 Å². The van der Waals surface area contributed by atoms with Gasteiger partial charge >= 0.3 is 0 Å². The molecule has 0 saturated carbocycles. The molecule has 2 N–H and O–H groups in total. The van der Waals surface area contributed by atoms with Gasteiger partial charge < -0.3 is 9.88 Å². The van der Waals surface area contributed by atoms with Crippen molar-refractivity contribution in [1.82, 2.24) is 14.6 Å². The molecule has 1 saturated heterocycles. The van der Waals surface area contributed by atoms with E-state index in [4.69, 9.17) is 0 Å². The summed E-state index contributed by atoms with van der Waals surface area (Å²) in [7, 11) is 0.417. The van der Waals surface area contributed by atoms with E-state index >= 15 is 0 Å². The van der Waals surface area contributed by atoms with Gasteiger partial charge in [-0.2, -0.15) is 0 Å². The van der Waals surface area contributed by atoms with E-state index in [9.17, 15) is 8.42 Å². The maximum absolute atomic E-state index is 11.7. The highest BCUT2D eigenvalue weighted by molar-refractivity contribution is 7.88. The number of nitrogens with one attached hydrogen (secondary N) is 2. The maximum atomic E-state index is 11.7. The molecule has 2 aromatic rings. The Morgan fingerprint density at radius 3 is 2.91 bits per heavy atom. The summed E-state index contributed by atoms with van der Waals surface area (Å²) in [5.41, 5.74) is 3.18. The average molecular weight is 335 g/mol. The van der Waals surface area contributed by atoms with Gasteiger partial charge in [-0.1, -0.05) is 6.07 Å². The van der Waals surface area contributed by atoms with Crippen molar-refractivity contribution in [3.8, 4) is 0 Å². The average Bonchev–Trinajstić information content (AvgIpc) is 3.11. The van der Waals surface area contributed by atoms with Crippen LogP contribution < -0.4 is 4.72 Å². The van der Waals surface area contributed by atoms with Crippen LogP contribution in [0.3, 0.4) is 0 Å². The predicted octanol–water partition coefficient (Wildman–Crippen LogP) is 2.24. The molecule has 1 aliphatic heterocycles. The molecule has 1 aromatic heterocycles. The number of nitrogens with zero attached hydrogens (tertiary/aromatic N) is 1. The number of sulfonamides is 1. The number of aromatic nitrogens is 1. The molecule has 126 valence electrons. The molecular formula is C17H25N3O2S. The highest BCUT2D eigenvalue weighted by atomic mass is 32.2. The van der Waals surface area contributed by atoms with Crippen molar-refractivity contribution in [2.45, 2.75) is 37.5 Å². The molecule has 0 amide bonds. The monoisotopic (exact) mass is 335 g/mol. The first kappa shape index (κ1) is 16.5. The highest BCUT2D eigenvalue weighted by Crippen LogP contribution is 2.25. The summed E-state index contributed by atoms with van der Waals surface area (Å²) in [6.45, 7) is 1.20. The van der Waals surface area contributed by atoms with Crippen molar-refractivity contribution in [2.24, 2.45) is 0 Å². The van der Waals surface area contributed by atoms with E-state index in [0.717, 1.165) is 29.3 Å². The van der Waals surface area contributed by atoms with Crippen LogP contribution in [0.1, 0.15) is 30.4 Å². The van der Waals surface area contributed by atoms with Crippen LogP contribution in [-0.4, -0.2) is 45.0 Å². The Balaban J connectivity index is 1.78. The summed E-state index contributed by atoms with van der Waals surface area (Å²) in [6, 6.07) is 6.53. The number of fused-ring (bicyclic) bond motifs is 1. The van der Waals surface area contributed by atoms with Crippen LogP contribution >= 0.6 is 0 Å². The van der Waals surface area contributed by atoms with Gasteiger partial charge in [0.2, 0.25) is 10.0 Å². The lowest BCUT2D eigenvalue weighted by molar-refractivity contribution is 0.297. The molecule has 0 spiro atoms. The number of aryl methyl sites for hydroxylation is 1. The number of benzene rings is 1. The lowest BCUT2D eigenvalue weighted by Gasteiger charge is -2.18. The number of hydrogen-bond acceptors (Lipinski definition) is 3. The fourth-order valence-electron chi connectivity index (χ4n) is 3.48.